The van der Waals surface area contributed by atoms with Crippen LogP contribution in [0.2, 0.25) is 0 Å². The summed E-state index contributed by atoms with van der Waals surface area (Å²) in [6.45, 7) is 15.7. The first-order valence-corrected chi connectivity index (χ1v) is 27.8. The molecule has 9 fully saturated rings. The number of ether oxygens (including phenoxy) is 8. The van der Waals surface area contributed by atoms with Crippen molar-refractivity contribution in [1.29, 1.82) is 0 Å². The van der Waals surface area contributed by atoms with Crippen LogP contribution in [0.4, 0.5) is 0 Å². The fraction of sp³-hybridized carbons (Fsp3) is 0.963. The van der Waals surface area contributed by atoms with Crippen molar-refractivity contribution in [3.63, 3.8) is 0 Å². The van der Waals surface area contributed by atoms with Gasteiger partial charge in [-0.25, -0.2) is 0 Å². The van der Waals surface area contributed by atoms with E-state index in [1.54, 1.807) is 6.92 Å². The second kappa shape index (κ2) is 21.7. The Hall–Kier alpha value is -1.10. The van der Waals surface area contributed by atoms with E-state index in [0.717, 1.165) is 56.9 Å². The Bertz CT molecular complexity index is 2000. The van der Waals surface area contributed by atoms with Crippen molar-refractivity contribution >= 4 is 0 Å². The number of aliphatic hydroxyl groups excluding tert-OH is 13. The molecule has 0 amide bonds. The van der Waals surface area contributed by atoms with Gasteiger partial charge in [0.05, 0.1) is 44.2 Å². The summed E-state index contributed by atoms with van der Waals surface area (Å²) in [6.07, 6.45) is -16.8. The van der Waals surface area contributed by atoms with E-state index in [4.69, 9.17) is 37.9 Å². The van der Waals surface area contributed by atoms with Gasteiger partial charge in [-0.2, -0.15) is 0 Å². The summed E-state index contributed by atoms with van der Waals surface area (Å²) in [7, 11) is 0. The highest BCUT2D eigenvalue weighted by atomic mass is 16.7. The molecule has 30 atom stereocenters. The van der Waals surface area contributed by atoms with Crippen LogP contribution in [0, 0.1) is 50.7 Å². The summed E-state index contributed by atoms with van der Waals surface area (Å²) in [6, 6.07) is 0. The van der Waals surface area contributed by atoms with Crippen LogP contribution in [0.15, 0.2) is 11.6 Å². The van der Waals surface area contributed by atoms with Gasteiger partial charge in [-0.1, -0.05) is 46.3 Å². The zero-order valence-electron chi connectivity index (χ0n) is 44.9. The molecule has 0 aromatic rings. The molecule has 4 aliphatic heterocycles. The van der Waals surface area contributed by atoms with Crippen LogP contribution in [-0.2, 0) is 37.9 Å². The van der Waals surface area contributed by atoms with Gasteiger partial charge in [0.1, 0.15) is 85.5 Å². The lowest BCUT2D eigenvalue weighted by atomic mass is 9.41. The first-order valence-electron chi connectivity index (χ1n) is 27.8. The van der Waals surface area contributed by atoms with Crippen LogP contribution >= 0.6 is 0 Å². The predicted molar refractivity (Wildman–Crippen MR) is 261 cm³/mol. The molecule has 13 N–H and O–H groups in total. The molecular formula is C54H90O21. The molecule has 0 radical (unpaired) electrons. The molecule has 0 bridgehead atoms. The second-order valence-corrected chi connectivity index (χ2v) is 25.7. The molecule has 21 nitrogen and oxygen atoms in total. The zero-order valence-corrected chi connectivity index (χ0v) is 44.9. The van der Waals surface area contributed by atoms with E-state index in [9.17, 15) is 66.4 Å². The van der Waals surface area contributed by atoms with Crippen molar-refractivity contribution in [3.05, 3.63) is 11.6 Å². The van der Waals surface area contributed by atoms with Crippen LogP contribution in [0.3, 0.4) is 0 Å². The van der Waals surface area contributed by atoms with Crippen molar-refractivity contribution in [3.8, 4) is 0 Å². The Kier molecular flexibility index (Phi) is 16.9. The summed E-state index contributed by atoms with van der Waals surface area (Å²) in [5, 5.41) is 138. The number of aliphatic hydroxyl groups is 13. The minimum atomic E-state index is -1.68. The molecular weight excluding hydrogens is 985 g/mol. The molecule has 432 valence electrons. The first-order chi connectivity index (χ1) is 35.2. The van der Waals surface area contributed by atoms with E-state index in [2.05, 4.69) is 34.6 Å². The third-order valence-electron chi connectivity index (χ3n) is 21.7. The normalized spacial score (nSPS) is 54.5. The third-order valence-corrected chi connectivity index (χ3v) is 21.7. The van der Waals surface area contributed by atoms with Crippen LogP contribution in [0.1, 0.15) is 120 Å². The molecule has 4 saturated heterocycles. The molecule has 2 spiro atoms. The second-order valence-electron chi connectivity index (χ2n) is 25.7. The highest BCUT2D eigenvalue weighted by Gasteiger charge is 2.82. The summed E-state index contributed by atoms with van der Waals surface area (Å²) in [5.74, 6) is 1.25. The minimum absolute atomic E-state index is 0.00626. The van der Waals surface area contributed by atoms with Gasteiger partial charge in [0.2, 0.25) is 0 Å². The van der Waals surface area contributed by atoms with E-state index in [1.807, 2.05) is 13.0 Å². The van der Waals surface area contributed by atoms with Crippen LogP contribution in [-0.4, -0.2) is 221 Å². The van der Waals surface area contributed by atoms with Gasteiger partial charge in [0.25, 0.3) is 0 Å². The summed E-state index contributed by atoms with van der Waals surface area (Å²) in [5.41, 5.74) is 1.00. The molecule has 0 unspecified atom stereocenters. The fourth-order valence-electron chi connectivity index (χ4n) is 16.9. The van der Waals surface area contributed by atoms with Gasteiger partial charge >= 0.3 is 0 Å². The van der Waals surface area contributed by atoms with Crippen molar-refractivity contribution in [2.24, 2.45) is 50.7 Å². The highest BCUT2D eigenvalue weighted by molar-refractivity contribution is 5.31. The van der Waals surface area contributed by atoms with Gasteiger partial charge in [-0.3, -0.25) is 0 Å². The van der Waals surface area contributed by atoms with Crippen molar-refractivity contribution < 1.29 is 104 Å². The lowest BCUT2D eigenvalue weighted by Gasteiger charge is -2.63. The number of rotatable bonds is 15. The monoisotopic (exact) mass is 1070 g/mol. The van der Waals surface area contributed by atoms with Gasteiger partial charge in [0, 0.05) is 0 Å². The van der Waals surface area contributed by atoms with E-state index in [-0.39, 0.29) is 45.7 Å². The smallest absolute Gasteiger partial charge is 0.187 e. The fourth-order valence-corrected chi connectivity index (χ4v) is 16.9. The van der Waals surface area contributed by atoms with Crippen LogP contribution in [0.5, 0.6) is 0 Å². The van der Waals surface area contributed by atoms with Gasteiger partial charge < -0.3 is 104 Å². The molecule has 5 aliphatic carbocycles. The van der Waals surface area contributed by atoms with E-state index >= 15 is 0 Å². The maximum atomic E-state index is 11.8. The topological polar surface area (TPSA) is 337 Å². The van der Waals surface area contributed by atoms with E-state index < -0.39 is 142 Å². The largest absolute Gasteiger partial charge is 0.394 e. The molecule has 75 heavy (non-hydrogen) atoms. The maximum absolute atomic E-state index is 11.8. The average molecular weight is 1080 g/mol. The number of hydrogen-bond donors (Lipinski definition) is 13. The molecule has 9 aliphatic rings. The van der Waals surface area contributed by atoms with Crippen LogP contribution < -0.4 is 0 Å². The number of fused-ring (bicyclic) bond motifs is 2. The molecule has 0 aromatic heterocycles. The Balaban J connectivity index is 0.777. The van der Waals surface area contributed by atoms with Gasteiger partial charge in [-0.05, 0) is 136 Å². The zero-order chi connectivity index (χ0) is 54.6. The number of hydrogen-bond acceptors (Lipinski definition) is 21. The Morgan fingerprint density at radius 2 is 1.13 bits per heavy atom. The van der Waals surface area contributed by atoms with Crippen molar-refractivity contribution in [1.82, 2.24) is 0 Å². The van der Waals surface area contributed by atoms with Gasteiger partial charge in [-0.15, -0.1) is 0 Å². The molecule has 21 heteroatoms. The molecule has 4 heterocycles. The van der Waals surface area contributed by atoms with Crippen LogP contribution in [0.25, 0.3) is 0 Å². The lowest BCUT2D eigenvalue weighted by Crippen LogP contribution is -2.64. The van der Waals surface area contributed by atoms with Gasteiger partial charge in [0.15, 0.2) is 25.2 Å². The van der Waals surface area contributed by atoms with E-state index in [0.29, 0.717) is 24.2 Å². The molecule has 5 saturated carbocycles. The average Bonchev–Trinajstić information content (AvgIpc) is 4.07. The SMILES string of the molecule is C/C(=C/C[C@H](O)[C@@H](C)[C@H]1CC[C@]2(C)[C@H]3CC[C@@H]4C(C)(C)[C@@H](O[C@H]5O[C@@H](C)[C@H](O[C@H]6O[C@@H](CO)[C@H](O)[C@@H](O)[C@@H]6O)[C@@H](O)[C@@H]5O)CC[C@@]45C[C@@]35CC[C@]12C)CO[C@H]1O[C@@H](CO[C@H]2O[C@@H](C)[C@H](O)[C@@H](O)[C@@H]2O)[C@H](O)[C@@H](O)[C@@H]1O. The summed E-state index contributed by atoms with van der Waals surface area (Å²) in [4.78, 5) is 0. The van der Waals surface area contributed by atoms with Crippen molar-refractivity contribution in [2.45, 2.75) is 255 Å². The Labute approximate surface area is 440 Å². The summed E-state index contributed by atoms with van der Waals surface area (Å²) >= 11 is 0. The minimum Gasteiger partial charge on any atom is -0.394 e. The quantitative estimate of drug-likeness (QED) is 0.0724. The predicted octanol–water partition coefficient (Wildman–Crippen LogP) is -0.536. The Morgan fingerprint density at radius 3 is 1.81 bits per heavy atom. The first kappa shape index (κ1) is 58.6. The Morgan fingerprint density at radius 1 is 0.573 bits per heavy atom. The molecule has 0 aromatic carbocycles. The van der Waals surface area contributed by atoms with E-state index in [1.165, 1.54) is 13.3 Å². The lowest BCUT2D eigenvalue weighted by molar-refractivity contribution is -0.363. The highest BCUT2D eigenvalue weighted by Crippen LogP contribution is 2.89. The van der Waals surface area contributed by atoms with Crippen molar-refractivity contribution in [2.75, 3.05) is 19.8 Å². The third kappa shape index (κ3) is 9.75. The standard InChI is InChI=1S/C54H90O21/c1-23(20-68-47-42(65)39(62)36(59)30(73-47)21-69-46-41(64)37(60)34(57)25(3)70-46)9-10-28(56)24(2)27-13-15-52(8)32-12-11-31-50(5,6)33(14-16-53(31)22-54(32,53)18-17-51(27,52)7)74-48-44(67)40(63)45(26(4)71-48)75-49-43(66)38(61)35(58)29(19-55)72-49/h9,24-49,55-67H,10-22H2,1-8H3/b23-9-/t24-,25-,26-,27+,28-,29-,30-,31+,32+,33-,34-,35-,36-,37+,38+,39+,40-,41-,42-,43-,44-,45-,46-,47-,48+,49+,51+,52+,53+,54-/m0/s1. The molecule has 9 rings (SSSR count). The summed E-state index contributed by atoms with van der Waals surface area (Å²) < 4.78 is 47.0. The maximum Gasteiger partial charge on any atom is 0.187 e.